The third-order valence-corrected chi connectivity index (χ3v) is 5.72. The number of nitrogens with one attached hydrogen (secondary N) is 1. The second-order valence-corrected chi connectivity index (χ2v) is 7.23. The largest absolute Gasteiger partial charge is 0.477 e. The van der Waals surface area contributed by atoms with E-state index >= 15 is 0 Å². The number of carboxylic acid groups (broad SMARTS) is 1. The van der Waals surface area contributed by atoms with Gasteiger partial charge < -0.3 is 15.2 Å². The summed E-state index contributed by atoms with van der Waals surface area (Å²) in [6, 6.07) is 0.936. The Balaban J connectivity index is 2.16. The zero-order chi connectivity index (χ0) is 18.7. The zero-order valence-corrected chi connectivity index (χ0v) is 15.0. The Labute approximate surface area is 151 Å². The number of hydrogen-bond acceptors (Lipinski definition) is 8. The maximum atomic E-state index is 12.3. The zero-order valence-electron chi connectivity index (χ0n) is 13.3. The molecule has 0 saturated carbocycles. The highest BCUT2D eigenvalue weighted by molar-refractivity contribution is 8.00. The molecule has 0 spiro atoms. The van der Waals surface area contributed by atoms with Crippen LogP contribution in [0.5, 0.6) is 0 Å². The Morgan fingerprint density at radius 1 is 1.56 bits per heavy atom. The highest BCUT2D eigenvalue weighted by Gasteiger charge is 2.54. The topological polar surface area (TPSA) is 137 Å². The predicted molar refractivity (Wildman–Crippen MR) is 89.2 cm³/mol. The standard InChI is InChI=1S/C14H15N3O6S2/c1-6(18)23-4-7-5-25-13-9(16-11(19)8(3-15)24-2)12(20)17(13)10(7)14(21)22/h8-9,13H,4-5H2,1-2H3,(H,16,19)(H,21,22)/t8?,9?,13-/m0/s1. The number of amides is 2. The molecule has 0 aliphatic carbocycles. The molecule has 2 rings (SSSR count). The first kappa shape index (κ1) is 19.1. The van der Waals surface area contributed by atoms with Crippen molar-refractivity contribution in [2.45, 2.75) is 23.6 Å². The van der Waals surface area contributed by atoms with E-state index in [1.165, 1.54) is 18.7 Å². The van der Waals surface area contributed by atoms with Gasteiger partial charge in [0.15, 0.2) is 5.25 Å². The molecule has 2 amide bonds. The van der Waals surface area contributed by atoms with Crippen LogP contribution in [0.3, 0.4) is 0 Å². The Bertz CT molecular complexity index is 701. The molecule has 11 heteroatoms. The quantitative estimate of drug-likeness (QED) is 0.460. The van der Waals surface area contributed by atoms with E-state index in [2.05, 4.69) is 5.32 Å². The van der Waals surface area contributed by atoms with Crippen molar-refractivity contribution in [3.8, 4) is 6.07 Å². The molecule has 0 aromatic rings. The smallest absolute Gasteiger partial charge is 0.352 e. The van der Waals surface area contributed by atoms with Gasteiger partial charge in [-0.2, -0.15) is 5.26 Å². The van der Waals surface area contributed by atoms with Gasteiger partial charge in [0.05, 0.1) is 6.07 Å². The number of carboxylic acids is 1. The molecular weight excluding hydrogens is 370 g/mol. The maximum Gasteiger partial charge on any atom is 0.352 e. The van der Waals surface area contributed by atoms with Crippen LogP contribution in [0.2, 0.25) is 0 Å². The van der Waals surface area contributed by atoms with Gasteiger partial charge in [-0.1, -0.05) is 0 Å². The fraction of sp³-hybridized carbons (Fsp3) is 0.500. The average molecular weight is 385 g/mol. The summed E-state index contributed by atoms with van der Waals surface area (Å²) in [4.78, 5) is 47.8. The molecule has 3 atom stereocenters. The van der Waals surface area contributed by atoms with Crippen LogP contribution in [0.15, 0.2) is 11.3 Å². The second kappa shape index (κ2) is 7.79. The first-order valence-corrected chi connectivity index (χ1v) is 9.41. The minimum atomic E-state index is -1.30. The van der Waals surface area contributed by atoms with Crippen LogP contribution in [0.4, 0.5) is 0 Å². The molecule has 134 valence electrons. The first-order chi connectivity index (χ1) is 11.8. The molecule has 2 N–H and O–H groups in total. The van der Waals surface area contributed by atoms with Gasteiger partial charge in [-0.25, -0.2) is 4.79 Å². The Hall–Kier alpha value is -2.19. The fourth-order valence-corrected chi connectivity index (χ4v) is 4.15. The molecule has 9 nitrogen and oxygen atoms in total. The summed E-state index contributed by atoms with van der Waals surface area (Å²) in [7, 11) is 0. The molecular formula is C14H15N3O6S2. The van der Waals surface area contributed by atoms with Crippen molar-refractivity contribution < 1.29 is 29.0 Å². The summed E-state index contributed by atoms with van der Waals surface area (Å²) in [5.41, 5.74) is 0.100. The summed E-state index contributed by atoms with van der Waals surface area (Å²) in [5.74, 6) is -2.75. The van der Waals surface area contributed by atoms with Crippen molar-refractivity contribution in [3.05, 3.63) is 11.3 Å². The third-order valence-electron chi connectivity index (χ3n) is 3.59. The number of esters is 1. The fourth-order valence-electron chi connectivity index (χ4n) is 2.43. The van der Waals surface area contributed by atoms with Gasteiger partial charge in [0.1, 0.15) is 23.7 Å². The van der Waals surface area contributed by atoms with Crippen LogP contribution in [-0.4, -0.2) is 69.0 Å². The lowest BCUT2D eigenvalue weighted by molar-refractivity contribution is -0.150. The van der Waals surface area contributed by atoms with E-state index in [0.717, 1.165) is 16.7 Å². The van der Waals surface area contributed by atoms with Gasteiger partial charge in [-0.3, -0.25) is 19.3 Å². The number of carbonyl (C=O) groups is 4. The van der Waals surface area contributed by atoms with Gasteiger partial charge in [-0.15, -0.1) is 23.5 Å². The lowest BCUT2D eigenvalue weighted by atomic mass is 10.0. The number of carbonyl (C=O) groups excluding carboxylic acids is 3. The maximum absolute atomic E-state index is 12.3. The number of thioether (sulfide) groups is 2. The van der Waals surface area contributed by atoms with Crippen LogP contribution >= 0.6 is 23.5 Å². The van der Waals surface area contributed by atoms with Gasteiger partial charge in [0.2, 0.25) is 5.91 Å². The molecule has 0 aromatic carbocycles. The summed E-state index contributed by atoms with van der Waals surface area (Å²) in [6.07, 6.45) is 1.60. The van der Waals surface area contributed by atoms with E-state index in [9.17, 15) is 24.3 Å². The number of β-lactam (4-membered cyclic amide) rings is 1. The predicted octanol–water partition coefficient (Wildman–Crippen LogP) is -0.457. The normalized spacial score (nSPS) is 23.1. The molecule has 0 radical (unpaired) electrons. The second-order valence-electron chi connectivity index (χ2n) is 5.18. The molecule has 2 unspecified atom stereocenters. The number of aliphatic carboxylic acids is 1. The van der Waals surface area contributed by atoms with Crippen LogP contribution in [-0.2, 0) is 23.9 Å². The van der Waals surface area contributed by atoms with Gasteiger partial charge in [-0.05, 0) is 6.26 Å². The van der Waals surface area contributed by atoms with E-state index in [0.29, 0.717) is 5.57 Å². The average Bonchev–Trinajstić information content (AvgIpc) is 2.57. The third kappa shape index (κ3) is 3.74. The van der Waals surface area contributed by atoms with E-state index in [1.807, 2.05) is 6.07 Å². The summed E-state index contributed by atoms with van der Waals surface area (Å²) >= 11 is 2.31. The SMILES string of the molecule is CSC(C#N)C(=O)NC1C(=O)N2C(C(=O)O)=C(COC(C)=O)CS[C@@H]12. The molecule has 2 heterocycles. The minimum Gasteiger partial charge on any atom is -0.477 e. The Morgan fingerprint density at radius 2 is 2.24 bits per heavy atom. The van der Waals surface area contributed by atoms with E-state index in [-0.39, 0.29) is 18.1 Å². The van der Waals surface area contributed by atoms with Gasteiger partial charge in [0.25, 0.3) is 5.91 Å². The van der Waals surface area contributed by atoms with Crippen molar-refractivity contribution >= 4 is 47.3 Å². The summed E-state index contributed by atoms with van der Waals surface area (Å²) in [5, 5.41) is 19.3. The Morgan fingerprint density at radius 3 is 2.76 bits per heavy atom. The lowest BCUT2D eigenvalue weighted by Crippen LogP contribution is -2.71. The summed E-state index contributed by atoms with van der Waals surface area (Å²) < 4.78 is 4.84. The lowest BCUT2D eigenvalue weighted by Gasteiger charge is -2.49. The van der Waals surface area contributed by atoms with E-state index in [4.69, 9.17) is 10.00 Å². The van der Waals surface area contributed by atoms with Gasteiger partial charge >= 0.3 is 11.9 Å². The highest BCUT2D eigenvalue weighted by atomic mass is 32.2. The molecule has 0 aromatic heterocycles. The van der Waals surface area contributed by atoms with E-state index < -0.39 is 40.4 Å². The van der Waals surface area contributed by atoms with Crippen molar-refractivity contribution in [3.63, 3.8) is 0 Å². The van der Waals surface area contributed by atoms with Crippen LogP contribution < -0.4 is 5.32 Å². The van der Waals surface area contributed by atoms with Crippen molar-refractivity contribution in [2.24, 2.45) is 0 Å². The Kier molecular flexibility index (Phi) is 5.97. The number of ether oxygens (including phenoxy) is 1. The van der Waals surface area contributed by atoms with E-state index in [1.54, 1.807) is 6.26 Å². The van der Waals surface area contributed by atoms with Gasteiger partial charge in [0, 0.05) is 18.2 Å². The summed E-state index contributed by atoms with van der Waals surface area (Å²) in [6.45, 7) is 0.998. The number of fused-ring (bicyclic) bond motifs is 1. The molecule has 25 heavy (non-hydrogen) atoms. The molecule has 1 fully saturated rings. The molecule has 0 bridgehead atoms. The highest BCUT2D eigenvalue weighted by Crippen LogP contribution is 2.40. The number of nitriles is 1. The molecule has 2 aliphatic heterocycles. The monoisotopic (exact) mass is 385 g/mol. The molecule has 2 aliphatic rings. The van der Waals surface area contributed by atoms with Crippen LogP contribution in [0, 0.1) is 11.3 Å². The van der Waals surface area contributed by atoms with Crippen molar-refractivity contribution in [1.82, 2.24) is 10.2 Å². The number of hydrogen-bond donors (Lipinski definition) is 2. The van der Waals surface area contributed by atoms with Crippen molar-refractivity contribution in [2.75, 3.05) is 18.6 Å². The number of nitrogens with zero attached hydrogens (tertiary/aromatic N) is 2. The van der Waals surface area contributed by atoms with Crippen LogP contribution in [0.1, 0.15) is 6.92 Å². The number of rotatable bonds is 6. The minimum absolute atomic E-state index is 0.208. The first-order valence-electron chi connectivity index (χ1n) is 7.08. The van der Waals surface area contributed by atoms with Crippen molar-refractivity contribution in [1.29, 1.82) is 5.26 Å². The van der Waals surface area contributed by atoms with Crippen LogP contribution in [0.25, 0.3) is 0 Å². The molecule has 1 saturated heterocycles.